The fraction of sp³-hybridized carbons (Fsp3) is 0.727. The third-order valence-electron chi connectivity index (χ3n) is 2.66. The number of rotatable bonds is 3. The van der Waals surface area contributed by atoms with Crippen LogP contribution in [0.15, 0.2) is 12.2 Å². The van der Waals surface area contributed by atoms with Gasteiger partial charge in [0, 0.05) is 6.54 Å². The van der Waals surface area contributed by atoms with Crippen molar-refractivity contribution in [1.82, 2.24) is 4.90 Å². The molecule has 1 heterocycles. The highest BCUT2D eigenvalue weighted by molar-refractivity contribution is 5.81. The van der Waals surface area contributed by atoms with E-state index in [1.54, 1.807) is 6.92 Å². The molecule has 0 saturated carbocycles. The number of nitrogens with zero attached hydrogens (tertiary/aromatic N) is 1. The number of Topliss-reactive ketones (excluding diaryl/α,β-unsaturated/α-hetero) is 1. The molecule has 0 aromatic heterocycles. The smallest absolute Gasteiger partial charge is 0.146 e. The molecule has 0 aromatic rings. The topological polar surface area (TPSA) is 20.3 Å². The second-order valence-corrected chi connectivity index (χ2v) is 3.69. The molecule has 1 unspecified atom stereocenters. The van der Waals surface area contributed by atoms with Crippen LogP contribution in [-0.2, 0) is 4.79 Å². The average Bonchev–Trinajstić information content (AvgIpc) is 2.15. The summed E-state index contributed by atoms with van der Waals surface area (Å²) in [6.07, 6.45) is 7.66. The monoisotopic (exact) mass is 181 g/mol. The molecule has 0 amide bonds. The summed E-state index contributed by atoms with van der Waals surface area (Å²) in [5, 5.41) is 0. The molecule has 0 N–H and O–H groups in total. The Morgan fingerprint density at radius 1 is 1.54 bits per heavy atom. The number of hydrogen-bond donors (Lipinski definition) is 0. The minimum Gasteiger partial charge on any atom is -0.298 e. The lowest BCUT2D eigenvalue weighted by molar-refractivity contribution is -0.123. The summed E-state index contributed by atoms with van der Waals surface area (Å²) in [5.74, 6) is 0.323. The fourth-order valence-corrected chi connectivity index (χ4v) is 1.91. The van der Waals surface area contributed by atoms with Crippen LogP contribution in [0.1, 0.15) is 33.1 Å². The number of allylic oxidation sites excluding steroid dienone is 1. The molecule has 1 atom stereocenters. The normalized spacial score (nSPS) is 25.2. The maximum absolute atomic E-state index is 11.3. The van der Waals surface area contributed by atoms with Gasteiger partial charge in [-0.1, -0.05) is 18.6 Å². The van der Waals surface area contributed by atoms with E-state index >= 15 is 0 Å². The lowest BCUT2D eigenvalue weighted by atomic mass is 9.99. The van der Waals surface area contributed by atoms with E-state index in [1.165, 1.54) is 12.8 Å². The van der Waals surface area contributed by atoms with Gasteiger partial charge in [-0.25, -0.2) is 0 Å². The van der Waals surface area contributed by atoms with Gasteiger partial charge in [-0.05, 0) is 33.2 Å². The van der Waals surface area contributed by atoms with Crippen LogP contribution >= 0.6 is 0 Å². The summed E-state index contributed by atoms with van der Waals surface area (Å²) in [6.45, 7) is 5.74. The second-order valence-electron chi connectivity index (χ2n) is 3.69. The molecule has 1 aliphatic heterocycles. The number of piperidine rings is 1. The minimum absolute atomic E-state index is 0.185. The van der Waals surface area contributed by atoms with Crippen molar-refractivity contribution in [3.63, 3.8) is 0 Å². The third kappa shape index (κ3) is 2.96. The van der Waals surface area contributed by atoms with E-state index in [9.17, 15) is 4.79 Å². The van der Waals surface area contributed by atoms with Gasteiger partial charge >= 0.3 is 0 Å². The first-order chi connectivity index (χ1) is 6.25. The quantitative estimate of drug-likeness (QED) is 0.621. The first kappa shape index (κ1) is 10.5. The summed E-state index contributed by atoms with van der Waals surface area (Å²) in [7, 11) is 0. The van der Waals surface area contributed by atoms with Gasteiger partial charge in [-0.15, -0.1) is 0 Å². The zero-order chi connectivity index (χ0) is 9.68. The van der Waals surface area contributed by atoms with Crippen molar-refractivity contribution in [1.29, 1.82) is 0 Å². The van der Waals surface area contributed by atoms with Gasteiger partial charge in [0.2, 0.25) is 0 Å². The SMILES string of the molecule is C/C=C/CN1CCCCC1C(C)=O. The molecule has 2 nitrogen and oxygen atoms in total. The Kier molecular flexibility index (Phi) is 4.16. The zero-order valence-corrected chi connectivity index (χ0v) is 8.62. The van der Waals surface area contributed by atoms with Crippen molar-refractivity contribution in [2.75, 3.05) is 13.1 Å². The van der Waals surface area contributed by atoms with Crippen LogP contribution in [0.25, 0.3) is 0 Å². The highest BCUT2D eigenvalue weighted by Gasteiger charge is 2.24. The van der Waals surface area contributed by atoms with Crippen molar-refractivity contribution in [3.8, 4) is 0 Å². The summed E-state index contributed by atoms with van der Waals surface area (Å²) >= 11 is 0. The largest absolute Gasteiger partial charge is 0.298 e. The molecule has 1 saturated heterocycles. The summed E-state index contributed by atoms with van der Waals surface area (Å²) in [4.78, 5) is 13.6. The van der Waals surface area contributed by atoms with Crippen molar-refractivity contribution in [2.45, 2.75) is 39.2 Å². The second kappa shape index (κ2) is 5.18. The van der Waals surface area contributed by atoms with Gasteiger partial charge in [-0.3, -0.25) is 9.69 Å². The predicted molar refractivity (Wildman–Crippen MR) is 54.7 cm³/mol. The predicted octanol–water partition coefficient (Wildman–Crippen LogP) is 2.01. The standard InChI is InChI=1S/C11H19NO/c1-3-4-8-12-9-6-5-7-11(12)10(2)13/h3-4,11H,5-9H2,1-2H3/b4-3+. The molecule has 0 aliphatic carbocycles. The highest BCUT2D eigenvalue weighted by Crippen LogP contribution is 2.17. The van der Waals surface area contributed by atoms with Crippen molar-refractivity contribution < 1.29 is 4.79 Å². The summed E-state index contributed by atoms with van der Waals surface area (Å²) in [5.41, 5.74) is 0. The van der Waals surface area contributed by atoms with Gasteiger partial charge in [0.1, 0.15) is 5.78 Å². The molecule has 2 heteroatoms. The maximum atomic E-state index is 11.3. The molecule has 1 fully saturated rings. The molecular formula is C11H19NO. The average molecular weight is 181 g/mol. The van der Waals surface area contributed by atoms with Crippen LogP contribution in [0, 0.1) is 0 Å². The van der Waals surface area contributed by atoms with Crippen LogP contribution in [0.4, 0.5) is 0 Å². The van der Waals surface area contributed by atoms with Crippen LogP contribution < -0.4 is 0 Å². The Morgan fingerprint density at radius 3 is 2.92 bits per heavy atom. The fourth-order valence-electron chi connectivity index (χ4n) is 1.91. The molecule has 0 radical (unpaired) electrons. The Balaban J connectivity index is 2.51. The lowest BCUT2D eigenvalue weighted by Gasteiger charge is -2.33. The van der Waals surface area contributed by atoms with Crippen LogP contribution in [0.5, 0.6) is 0 Å². The molecule has 1 aliphatic rings. The number of carbonyl (C=O) groups is 1. The van der Waals surface area contributed by atoms with E-state index < -0.39 is 0 Å². The molecule has 74 valence electrons. The third-order valence-corrected chi connectivity index (χ3v) is 2.66. The maximum Gasteiger partial charge on any atom is 0.146 e. The van der Waals surface area contributed by atoms with Gasteiger partial charge < -0.3 is 0 Å². The Hall–Kier alpha value is -0.630. The Labute approximate surface area is 80.6 Å². The van der Waals surface area contributed by atoms with Gasteiger partial charge in [-0.2, -0.15) is 0 Å². The number of hydrogen-bond acceptors (Lipinski definition) is 2. The molecule has 0 spiro atoms. The van der Waals surface area contributed by atoms with Crippen molar-refractivity contribution in [3.05, 3.63) is 12.2 Å². The van der Waals surface area contributed by atoms with E-state index in [2.05, 4.69) is 11.0 Å². The first-order valence-electron chi connectivity index (χ1n) is 5.11. The molecule has 0 bridgehead atoms. The van der Waals surface area contributed by atoms with Gasteiger partial charge in [0.25, 0.3) is 0 Å². The molecular weight excluding hydrogens is 162 g/mol. The van der Waals surface area contributed by atoms with Gasteiger partial charge in [0.15, 0.2) is 0 Å². The number of likely N-dealkylation sites (tertiary alicyclic amines) is 1. The van der Waals surface area contributed by atoms with Crippen LogP contribution in [-0.4, -0.2) is 29.8 Å². The first-order valence-corrected chi connectivity index (χ1v) is 5.11. The van der Waals surface area contributed by atoms with E-state index in [4.69, 9.17) is 0 Å². The highest BCUT2D eigenvalue weighted by atomic mass is 16.1. The minimum atomic E-state index is 0.185. The van der Waals surface area contributed by atoms with E-state index in [1.807, 2.05) is 13.0 Å². The number of ketones is 1. The Morgan fingerprint density at radius 2 is 2.31 bits per heavy atom. The van der Waals surface area contributed by atoms with Crippen molar-refractivity contribution in [2.24, 2.45) is 0 Å². The lowest BCUT2D eigenvalue weighted by Crippen LogP contribution is -2.43. The summed E-state index contributed by atoms with van der Waals surface area (Å²) < 4.78 is 0. The van der Waals surface area contributed by atoms with E-state index in [0.29, 0.717) is 5.78 Å². The van der Waals surface area contributed by atoms with E-state index in [0.717, 1.165) is 19.5 Å². The molecule has 13 heavy (non-hydrogen) atoms. The van der Waals surface area contributed by atoms with Gasteiger partial charge in [0.05, 0.1) is 6.04 Å². The zero-order valence-electron chi connectivity index (χ0n) is 8.62. The van der Waals surface area contributed by atoms with Crippen LogP contribution in [0.3, 0.4) is 0 Å². The summed E-state index contributed by atoms with van der Waals surface area (Å²) in [6, 6.07) is 0.185. The van der Waals surface area contributed by atoms with Crippen molar-refractivity contribution >= 4 is 5.78 Å². The van der Waals surface area contributed by atoms with Crippen LogP contribution in [0.2, 0.25) is 0 Å². The Bertz CT molecular complexity index is 198. The number of carbonyl (C=O) groups excluding carboxylic acids is 1. The molecule has 1 rings (SSSR count). The van der Waals surface area contributed by atoms with E-state index in [-0.39, 0.29) is 6.04 Å². The molecule has 0 aromatic carbocycles.